The number of benzene rings is 2. The second-order valence-electron chi connectivity index (χ2n) is 6.00. The summed E-state index contributed by atoms with van der Waals surface area (Å²) < 4.78 is 14.2. The smallest absolute Gasteiger partial charge is 0.165 e. The van der Waals surface area contributed by atoms with Gasteiger partial charge in [-0.3, -0.25) is 0 Å². The van der Waals surface area contributed by atoms with Gasteiger partial charge in [-0.15, -0.1) is 0 Å². The van der Waals surface area contributed by atoms with Gasteiger partial charge in [-0.1, -0.05) is 49.5 Å². The van der Waals surface area contributed by atoms with Crippen molar-refractivity contribution in [3.8, 4) is 23.0 Å². The maximum absolute atomic E-state index is 14.2. The molecule has 0 aliphatic rings. The van der Waals surface area contributed by atoms with Crippen LogP contribution in [-0.2, 0) is 6.42 Å². The van der Waals surface area contributed by atoms with E-state index in [0.717, 1.165) is 29.5 Å². The minimum atomic E-state index is -0.403. The highest BCUT2D eigenvalue weighted by molar-refractivity contribution is 7.78. The van der Waals surface area contributed by atoms with Crippen molar-refractivity contribution >= 4 is 23.2 Å². The Hall–Kier alpha value is -3.12. The van der Waals surface area contributed by atoms with Crippen LogP contribution < -0.4 is 0 Å². The summed E-state index contributed by atoms with van der Waals surface area (Å²) in [5.74, 6) is 6.10. The lowest BCUT2D eigenvalue weighted by Gasteiger charge is -2.03. The highest BCUT2D eigenvalue weighted by Crippen LogP contribution is 2.24. The molecule has 0 bridgehead atoms. The Bertz CT molecular complexity index is 1040. The number of halogens is 1. The molecule has 0 amide bonds. The fourth-order valence-corrected chi connectivity index (χ4v) is 2.76. The Kier molecular flexibility index (Phi) is 6.22. The lowest BCUT2D eigenvalue weighted by molar-refractivity contribution is 0.629. The first-order chi connectivity index (χ1) is 13.2. The molecule has 0 radical (unpaired) electrons. The Morgan fingerprint density at radius 3 is 2.19 bits per heavy atom. The number of nitrogens with zero attached hydrogens (tertiary/aromatic N) is 2. The van der Waals surface area contributed by atoms with Gasteiger partial charge in [-0.2, -0.15) is 4.99 Å². The number of isothiocyanates is 1. The summed E-state index contributed by atoms with van der Waals surface area (Å²) in [5.41, 5.74) is 4.30. The van der Waals surface area contributed by atoms with E-state index in [9.17, 15) is 4.39 Å². The predicted octanol–water partition coefficient (Wildman–Crippen LogP) is 5.97. The molecule has 0 N–H and O–H groups in total. The van der Waals surface area contributed by atoms with Crippen LogP contribution in [0.4, 0.5) is 10.2 Å². The third-order valence-electron chi connectivity index (χ3n) is 4.04. The third kappa shape index (κ3) is 4.95. The fourth-order valence-electron chi connectivity index (χ4n) is 2.66. The minimum Gasteiger partial charge on any atom is -0.236 e. The predicted molar refractivity (Wildman–Crippen MR) is 111 cm³/mol. The second-order valence-corrected chi connectivity index (χ2v) is 6.18. The summed E-state index contributed by atoms with van der Waals surface area (Å²) in [6.45, 7) is 2.17. The zero-order valence-corrected chi connectivity index (χ0v) is 15.7. The number of hydrogen-bond acceptors (Lipinski definition) is 3. The molecule has 27 heavy (non-hydrogen) atoms. The molecule has 0 fully saturated rings. The van der Waals surface area contributed by atoms with Crippen molar-refractivity contribution in [1.29, 1.82) is 0 Å². The van der Waals surface area contributed by atoms with Gasteiger partial charge in [0.2, 0.25) is 0 Å². The zero-order valence-electron chi connectivity index (χ0n) is 14.9. The Balaban J connectivity index is 1.77. The van der Waals surface area contributed by atoms with Crippen molar-refractivity contribution in [1.82, 2.24) is 4.98 Å². The monoisotopic (exact) mass is 372 g/mol. The van der Waals surface area contributed by atoms with Gasteiger partial charge in [0.05, 0.1) is 5.16 Å². The molecule has 0 aliphatic heterocycles. The molecule has 0 aliphatic carbocycles. The first kappa shape index (κ1) is 18.7. The largest absolute Gasteiger partial charge is 0.236 e. The van der Waals surface area contributed by atoms with Crippen LogP contribution in [0, 0.1) is 17.7 Å². The van der Waals surface area contributed by atoms with E-state index < -0.39 is 5.82 Å². The quantitative estimate of drug-likeness (QED) is 0.320. The number of aromatic nitrogens is 1. The Morgan fingerprint density at radius 2 is 1.63 bits per heavy atom. The summed E-state index contributed by atoms with van der Waals surface area (Å²) in [6, 6.07) is 17.0. The SMILES string of the molecule is CCCc1ccc(C#Cc2ccc(-c3cnc(N=C=S)cc3F)cc2)cc1. The van der Waals surface area contributed by atoms with Crippen molar-refractivity contribution in [2.75, 3.05) is 0 Å². The lowest BCUT2D eigenvalue weighted by Crippen LogP contribution is -1.87. The maximum atomic E-state index is 14.2. The molecule has 2 nitrogen and oxygen atoms in total. The van der Waals surface area contributed by atoms with Gasteiger partial charge < -0.3 is 0 Å². The molecule has 3 aromatic rings. The minimum absolute atomic E-state index is 0.207. The average Bonchev–Trinajstić information content (AvgIpc) is 2.69. The standard InChI is InChI=1S/C23H17FN2S/c1-2-3-17-4-6-18(7-5-17)8-9-19-10-12-20(13-11-19)21-15-25-23(26-16-27)14-22(21)24/h4-7,10-15H,2-3H2,1H3. The summed E-state index contributed by atoms with van der Waals surface area (Å²) in [7, 11) is 0. The molecule has 0 atom stereocenters. The van der Waals surface area contributed by atoms with Gasteiger partial charge in [0.1, 0.15) is 5.82 Å². The molecule has 4 heteroatoms. The number of aryl methyl sites for hydroxylation is 1. The van der Waals surface area contributed by atoms with Crippen molar-refractivity contribution < 1.29 is 4.39 Å². The van der Waals surface area contributed by atoms with Crippen LogP contribution in [0.25, 0.3) is 11.1 Å². The van der Waals surface area contributed by atoms with Gasteiger partial charge in [-0.25, -0.2) is 9.37 Å². The van der Waals surface area contributed by atoms with E-state index in [4.69, 9.17) is 0 Å². The van der Waals surface area contributed by atoms with Crippen LogP contribution in [-0.4, -0.2) is 10.1 Å². The number of aliphatic imine (C=N–C) groups is 1. The average molecular weight is 372 g/mol. The van der Waals surface area contributed by atoms with Crippen LogP contribution >= 0.6 is 12.2 Å². The zero-order chi connectivity index (χ0) is 19.1. The molecular formula is C23H17FN2S. The van der Waals surface area contributed by atoms with Crippen LogP contribution in [0.1, 0.15) is 30.0 Å². The highest BCUT2D eigenvalue weighted by atomic mass is 32.1. The summed E-state index contributed by atoms with van der Waals surface area (Å²) in [6.07, 6.45) is 3.66. The highest BCUT2D eigenvalue weighted by Gasteiger charge is 2.07. The molecule has 0 unspecified atom stereocenters. The van der Waals surface area contributed by atoms with E-state index in [-0.39, 0.29) is 5.82 Å². The van der Waals surface area contributed by atoms with Gasteiger partial charge in [-0.05, 0) is 54.0 Å². The lowest BCUT2D eigenvalue weighted by atomic mass is 10.0. The number of pyridine rings is 1. The molecule has 132 valence electrons. The summed E-state index contributed by atoms with van der Waals surface area (Å²) in [4.78, 5) is 7.74. The molecule has 1 aromatic heterocycles. The van der Waals surface area contributed by atoms with Gasteiger partial charge >= 0.3 is 0 Å². The van der Waals surface area contributed by atoms with E-state index in [1.165, 1.54) is 17.8 Å². The maximum Gasteiger partial charge on any atom is 0.165 e. The van der Waals surface area contributed by atoms with Crippen LogP contribution in [0.2, 0.25) is 0 Å². The fraction of sp³-hybridized carbons (Fsp3) is 0.130. The van der Waals surface area contributed by atoms with Crippen LogP contribution in [0.3, 0.4) is 0 Å². The van der Waals surface area contributed by atoms with E-state index in [1.807, 2.05) is 36.4 Å². The molecule has 0 saturated heterocycles. The third-order valence-corrected chi connectivity index (χ3v) is 4.13. The molecule has 2 aromatic carbocycles. The van der Waals surface area contributed by atoms with Crippen LogP contribution in [0.5, 0.6) is 0 Å². The molecule has 1 heterocycles. The Labute approximate surface area is 163 Å². The summed E-state index contributed by atoms with van der Waals surface area (Å²) in [5, 5.41) is 2.18. The Morgan fingerprint density at radius 1 is 1.00 bits per heavy atom. The normalized spacial score (nSPS) is 9.85. The van der Waals surface area contributed by atoms with Crippen molar-refractivity contribution in [3.63, 3.8) is 0 Å². The van der Waals surface area contributed by atoms with E-state index in [0.29, 0.717) is 5.56 Å². The summed E-state index contributed by atoms with van der Waals surface area (Å²) >= 11 is 4.50. The topological polar surface area (TPSA) is 25.2 Å². The second kappa shape index (κ2) is 9.00. The first-order valence-corrected chi connectivity index (χ1v) is 9.05. The van der Waals surface area contributed by atoms with Gasteiger partial charge in [0.25, 0.3) is 0 Å². The molecule has 3 rings (SSSR count). The first-order valence-electron chi connectivity index (χ1n) is 8.64. The molecule has 0 spiro atoms. The van der Waals surface area contributed by atoms with Crippen molar-refractivity contribution in [2.45, 2.75) is 19.8 Å². The van der Waals surface area contributed by atoms with E-state index in [2.05, 4.69) is 58.3 Å². The van der Waals surface area contributed by atoms with Gasteiger partial charge in [0, 0.05) is 29.0 Å². The number of rotatable bonds is 4. The number of hydrogen-bond donors (Lipinski definition) is 0. The molecular weight excluding hydrogens is 355 g/mol. The van der Waals surface area contributed by atoms with Crippen molar-refractivity contribution in [2.24, 2.45) is 4.99 Å². The van der Waals surface area contributed by atoms with Crippen LogP contribution in [0.15, 0.2) is 65.8 Å². The number of thiocarbonyl (C=S) groups is 1. The van der Waals surface area contributed by atoms with Crippen molar-refractivity contribution in [3.05, 3.63) is 83.3 Å². The molecule has 0 saturated carbocycles. The van der Waals surface area contributed by atoms with E-state index >= 15 is 0 Å². The van der Waals surface area contributed by atoms with Gasteiger partial charge in [0.15, 0.2) is 5.82 Å². The van der Waals surface area contributed by atoms with E-state index in [1.54, 1.807) is 0 Å².